The van der Waals surface area contributed by atoms with E-state index in [2.05, 4.69) is 0 Å². The monoisotopic (exact) mass is 230 g/mol. The second-order valence-electron chi connectivity index (χ2n) is 6.52. The first kappa shape index (κ1) is 15.4. The molecule has 16 heavy (non-hydrogen) atoms. The van der Waals surface area contributed by atoms with Gasteiger partial charge in [-0.2, -0.15) is 0 Å². The lowest BCUT2D eigenvalue weighted by atomic mass is 9.68. The highest BCUT2D eigenvalue weighted by molar-refractivity contribution is 5.78. The number of hydrogen-bond acceptors (Lipinski definition) is 3. The minimum absolute atomic E-state index is 0.200. The summed E-state index contributed by atoms with van der Waals surface area (Å²) in [6, 6.07) is 0. The van der Waals surface area contributed by atoms with Crippen molar-refractivity contribution in [2.24, 2.45) is 10.8 Å². The first-order chi connectivity index (χ1) is 6.94. The molecule has 0 saturated heterocycles. The number of carbonyl (C=O) groups is 1. The number of hydrogen-bond donors (Lipinski definition) is 0. The third-order valence-corrected chi connectivity index (χ3v) is 2.94. The molecule has 0 aliphatic carbocycles. The van der Waals surface area contributed by atoms with Crippen molar-refractivity contribution in [2.45, 2.75) is 54.1 Å². The average Bonchev–Trinajstić information content (AvgIpc) is 1.98. The zero-order valence-electron chi connectivity index (χ0n) is 11.9. The largest absolute Gasteiger partial charge is 0.459 e. The summed E-state index contributed by atoms with van der Waals surface area (Å²) in [6.07, 6.45) is 0. The number of rotatable bonds is 3. The van der Waals surface area contributed by atoms with Crippen LogP contribution in [0.1, 0.15) is 48.5 Å². The Morgan fingerprint density at radius 2 is 1.44 bits per heavy atom. The van der Waals surface area contributed by atoms with Crippen LogP contribution in [-0.4, -0.2) is 25.3 Å². The third kappa shape index (κ3) is 3.78. The molecule has 0 spiro atoms. The summed E-state index contributed by atoms with van der Waals surface area (Å²) in [6.45, 7) is 14.0. The van der Waals surface area contributed by atoms with Crippen LogP contribution in [0.2, 0.25) is 0 Å². The maximum absolute atomic E-state index is 12.2. The molecule has 0 aromatic carbocycles. The van der Waals surface area contributed by atoms with Gasteiger partial charge in [0.05, 0.1) is 12.0 Å². The van der Waals surface area contributed by atoms with Gasteiger partial charge in [-0.3, -0.25) is 4.79 Å². The van der Waals surface area contributed by atoms with Crippen molar-refractivity contribution in [3.63, 3.8) is 0 Å². The van der Waals surface area contributed by atoms with Crippen LogP contribution < -0.4 is 0 Å². The van der Waals surface area contributed by atoms with Gasteiger partial charge < -0.3 is 9.47 Å². The SMILES string of the molecule is COCC(C)(C(=O)OC(C)(C)C)C(C)(C)C. The third-order valence-electron chi connectivity index (χ3n) is 2.94. The molecule has 3 heteroatoms. The minimum Gasteiger partial charge on any atom is -0.459 e. The van der Waals surface area contributed by atoms with Crippen LogP contribution in [0.4, 0.5) is 0 Å². The fourth-order valence-corrected chi connectivity index (χ4v) is 1.26. The lowest BCUT2D eigenvalue weighted by molar-refractivity contribution is -0.178. The van der Waals surface area contributed by atoms with Gasteiger partial charge in [-0.25, -0.2) is 0 Å². The highest BCUT2D eigenvalue weighted by Crippen LogP contribution is 2.40. The van der Waals surface area contributed by atoms with E-state index >= 15 is 0 Å². The Hall–Kier alpha value is -0.570. The predicted octanol–water partition coefficient (Wildman–Crippen LogP) is 3.03. The van der Waals surface area contributed by atoms with Crippen molar-refractivity contribution < 1.29 is 14.3 Å². The van der Waals surface area contributed by atoms with Gasteiger partial charge in [0.1, 0.15) is 5.60 Å². The maximum atomic E-state index is 12.2. The Labute approximate surface area is 99.5 Å². The minimum atomic E-state index is -0.630. The first-order valence-electron chi connectivity index (χ1n) is 5.66. The second-order valence-corrected chi connectivity index (χ2v) is 6.52. The fourth-order valence-electron chi connectivity index (χ4n) is 1.26. The highest BCUT2D eigenvalue weighted by Gasteiger charge is 2.46. The summed E-state index contributed by atoms with van der Waals surface area (Å²) in [5.41, 5.74) is -1.29. The molecule has 0 aliphatic rings. The molecule has 0 aliphatic heterocycles. The molecule has 0 fully saturated rings. The van der Waals surface area contributed by atoms with E-state index in [1.807, 2.05) is 48.5 Å². The van der Waals surface area contributed by atoms with Crippen molar-refractivity contribution in [3.05, 3.63) is 0 Å². The number of esters is 1. The van der Waals surface area contributed by atoms with E-state index in [1.54, 1.807) is 7.11 Å². The molecule has 1 unspecified atom stereocenters. The smallest absolute Gasteiger partial charge is 0.315 e. The standard InChI is InChI=1S/C13H26O3/c1-11(2,3)13(7,9-15-8)10(14)16-12(4,5)6/h9H2,1-8H3. The molecule has 0 aromatic rings. The van der Waals surface area contributed by atoms with E-state index in [0.29, 0.717) is 6.61 Å². The molecule has 0 bridgehead atoms. The normalized spacial score (nSPS) is 16.8. The molecule has 0 N–H and O–H groups in total. The summed E-state index contributed by atoms with van der Waals surface area (Å²) >= 11 is 0. The number of ether oxygens (including phenoxy) is 2. The van der Waals surface area contributed by atoms with Crippen LogP contribution in [0.15, 0.2) is 0 Å². The number of methoxy groups -OCH3 is 1. The van der Waals surface area contributed by atoms with Gasteiger partial charge in [-0.05, 0) is 33.1 Å². The fraction of sp³-hybridized carbons (Fsp3) is 0.923. The summed E-state index contributed by atoms with van der Waals surface area (Å²) < 4.78 is 10.6. The van der Waals surface area contributed by atoms with Crippen molar-refractivity contribution in [2.75, 3.05) is 13.7 Å². The molecule has 0 rings (SSSR count). The summed E-state index contributed by atoms with van der Waals surface area (Å²) in [5.74, 6) is -0.200. The van der Waals surface area contributed by atoms with E-state index in [1.165, 1.54) is 0 Å². The lowest BCUT2D eigenvalue weighted by Crippen LogP contribution is -2.47. The van der Waals surface area contributed by atoms with E-state index in [9.17, 15) is 4.79 Å². The maximum Gasteiger partial charge on any atom is 0.315 e. The van der Waals surface area contributed by atoms with Gasteiger partial charge in [0.25, 0.3) is 0 Å². The molecule has 0 heterocycles. The van der Waals surface area contributed by atoms with Crippen LogP contribution in [-0.2, 0) is 14.3 Å². The van der Waals surface area contributed by atoms with Gasteiger partial charge in [-0.15, -0.1) is 0 Å². The van der Waals surface area contributed by atoms with E-state index in [-0.39, 0.29) is 11.4 Å². The number of carbonyl (C=O) groups excluding carboxylic acids is 1. The Morgan fingerprint density at radius 1 is 1.00 bits per heavy atom. The quantitative estimate of drug-likeness (QED) is 0.699. The average molecular weight is 230 g/mol. The van der Waals surface area contributed by atoms with Crippen molar-refractivity contribution >= 4 is 5.97 Å². The van der Waals surface area contributed by atoms with Crippen LogP contribution in [0.5, 0.6) is 0 Å². The highest BCUT2D eigenvalue weighted by atomic mass is 16.6. The van der Waals surface area contributed by atoms with Gasteiger partial charge in [0, 0.05) is 7.11 Å². The predicted molar refractivity (Wildman–Crippen MR) is 65.3 cm³/mol. The second kappa shape index (κ2) is 4.74. The van der Waals surface area contributed by atoms with Crippen LogP contribution in [0.3, 0.4) is 0 Å². The zero-order chi connectivity index (χ0) is 13.2. The van der Waals surface area contributed by atoms with Gasteiger partial charge in [0.15, 0.2) is 0 Å². The molecular formula is C13H26O3. The van der Waals surface area contributed by atoms with E-state index in [0.717, 1.165) is 0 Å². The molecule has 96 valence electrons. The van der Waals surface area contributed by atoms with Crippen LogP contribution in [0, 0.1) is 10.8 Å². The van der Waals surface area contributed by atoms with Gasteiger partial charge in [0.2, 0.25) is 0 Å². The lowest BCUT2D eigenvalue weighted by Gasteiger charge is -2.40. The Kier molecular flexibility index (Phi) is 4.57. The van der Waals surface area contributed by atoms with Crippen molar-refractivity contribution in [3.8, 4) is 0 Å². The Morgan fingerprint density at radius 3 is 1.69 bits per heavy atom. The molecular weight excluding hydrogens is 204 g/mol. The Balaban J connectivity index is 5.00. The zero-order valence-corrected chi connectivity index (χ0v) is 11.9. The molecule has 1 atom stereocenters. The van der Waals surface area contributed by atoms with Crippen molar-refractivity contribution in [1.82, 2.24) is 0 Å². The first-order valence-corrected chi connectivity index (χ1v) is 5.66. The summed E-state index contributed by atoms with van der Waals surface area (Å²) in [7, 11) is 1.61. The molecule has 0 saturated carbocycles. The van der Waals surface area contributed by atoms with Crippen LogP contribution >= 0.6 is 0 Å². The molecule has 0 amide bonds. The van der Waals surface area contributed by atoms with Crippen molar-refractivity contribution in [1.29, 1.82) is 0 Å². The van der Waals surface area contributed by atoms with Gasteiger partial charge in [-0.1, -0.05) is 20.8 Å². The van der Waals surface area contributed by atoms with E-state index in [4.69, 9.17) is 9.47 Å². The van der Waals surface area contributed by atoms with E-state index < -0.39 is 11.0 Å². The van der Waals surface area contributed by atoms with Crippen LogP contribution in [0.25, 0.3) is 0 Å². The van der Waals surface area contributed by atoms with Gasteiger partial charge >= 0.3 is 5.97 Å². The Bertz CT molecular complexity index is 245. The summed E-state index contributed by atoms with van der Waals surface area (Å²) in [5, 5.41) is 0. The topological polar surface area (TPSA) is 35.5 Å². The molecule has 0 radical (unpaired) electrons. The molecule has 0 aromatic heterocycles. The molecule has 3 nitrogen and oxygen atoms in total. The summed E-state index contributed by atoms with van der Waals surface area (Å²) in [4.78, 5) is 12.2.